The molecule has 194 valence electrons. The maximum Gasteiger partial charge on any atom is 0.228 e. The van der Waals surface area contributed by atoms with Crippen molar-refractivity contribution in [3.05, 3.63) is 58.9 Å². The lowest BCUT2D eigenvalue weighted by Crippen LogP contribution is -2.34. The minimum absolute atomic E-state index is 0.0344. The van der Waals surface area contributed by atoms with Crippen LogP contribution in [0.2, 0.25) is 0 Å². The fraction of sp³-hybridized carbons (Fsp3) is 0.385. The fourth-order valence-electron chi connectivity index (χ4n) is 4.34. The number of carbonyl (C=O) groups is 1. The number of amides is 1. The molecule has 0 radical (unpaired) electrons. The van der Waals surface area contributed by atoms with E-state index in [4.69, 9.17) is 11.3 Å². The van der Waals surface area contributed by atoms with E-state index in [1.807, 2.05) is 38.1 Å². The van der Waals surface area contributed by atoms with Gasteiger partial charge in [0.05, 0.1) is 18.4 Å². The highest BCUT2D eigenvalue weighted by molar-refractivity contribution is 7.89. The zero-order valence-corrected chi connectivity index (χ0v) is 22.6. The number of carbonyl (C=O) groups excluding carboxylic acids is 1. The molecule has 0 fully saturated rings. The molecule has 1 aliphatic carbocycles. The average molecular weight is 540 g/mol. The minimum atomic E-state index is -3.63. The molecule has 9 nitrogen and oxygen atoms in total. The van der Waals surface area contributed by atoms with Gasteiger partial charge in [-0.2, -0.15) is 0 Å². The summed E-state index contributed by atoms with van der Waals surface area (Å²) in [4.78, 5) is 15.1. The van der Waals surface area contributed by atoms with E-state index in [1.165, 1.54) is 18.4 Å². The number of nitrogens with one attached hydrogen (secondary N) is 2. The number of ether oxygens (including phenoxy) is 1. The second-order valence-corrected chi connectivity index (χ2v) is 11.9. The van der Waals surface area contributed by atoms with Crippen LogP contribution in [0.15, 0.2) is 36.4 Å². The molecule has 1 aliphatic rings. The van der Waals surface area contributed by atoms with Crippen LogP contribution < -0.4 is 14.8 Å². The molecule has 1 aromatic heterocycles. The number of rotatable bonds is 9. The molecule has 0 bridgehead atoms. The molecule has 3 aromatic rings. The molecule has 0 unspecified atom stereocenters. The van der Waals surface area contributed by atoms with Gasteiger partial charge in [0.15, 0.2) is 0 Å². The van der Waals surface area contributed by atoms with Crippen molar-refractivity contribution in [2.45, 2.75) is 51.7 Å². The lowest BCUT2D eigenvalue weighted by atomic mass is 9.85. The van der Waals surface area contributed by atoms with Gasteiger partial charge < -0.3 is 10.1 Å². The van der Waals surface area contributed by atoms with Gasteiger partial charge in [-0.05, 0) is 56.4 Å². The maximum absolute atomic E-state index is 12.6. The molecule has 0 spiro atoms. The highest BCUT2D eigenvalue weighted by atomic mass is 32.2. The molecule has 4 rings (SSSR count). The van der Waals surface area contributed by atoms with E-state index in [9.17, 15) is 13.2 Å². The monoisotopic (exact) mass is 539 g/mol. The van der Waals surface area contributed by atoms with Gasteiger partial charge in [0.2, 0.25) is 21.6 Å². The predicted octanol–water partition coefficient (Wildman–Crippen LogP) is 4.64. The van der Waals surface area contributed by atoms with E-state index in [2.05, 4.69) is 25.1 Å². The number of sulfonamides is 1. The third kappa shape index (κ3) is 6.33. The molecule has 2 aromatic carbocycles. The van der Waals surface area contributed by atoms with E-state index in [0.717, 1.165) is 40.1 Å². The van der Waals surface area contributed by atoms with Crippen molar-refractivity contribution in [1.82, 2.24) is 20.2 Å². The van der Waals surface area contributed by atoms with E-state index < -0.39 is 10.0 Å². The van der Waals surface area contributed by atoms with Crippen LogP contribution in [0.1, 0.15) is 50.3 Å². The first kappa shape index (κ1) is 26.7. The van der Waals surface area contributed by atoms with Crippen LogP contribution in [0.4, 0.5) is 5.69 Å². The van der Waals surface area contributed by atoms with Crippen LogP contribution in [0.5, 0.6) is 5.75 Å². The van der Waals surface area contributed by atoms with Crippen molar-refractivity contribution in [2.24, 2.45) is 0 Å². The van der Waals surface area contributed by atoms with Gasteiger partial charge in [0, 0.05) is 30.6 Å². The molecular weight excluding hydrogens is 510 g/mol. The quantitative estimate of drug-likeness (QED) is 0.383. The summed E-state index contributed by atoms with van der Waals surface area (Å²) >= 11 is 1.43. The smallest absolute Gasteiger partial charge is 0.228 e. The Balaban J connectivity index is 1.60. The van der Waals surface area contributed by atoms with Crippen molar-refractivity contribution < 1.29 is 17.9 Å². The van der Waals surface area contributed by atoms with E-state index in [0.29, 0.717) is 22.9 Å². The second-order valence-electron chi connectivity index (χ2n) is 9.05. The summed E-state index contributed by atoms with van der Waals surface area (Å²) in [5.41, 5.74) is 4.12. The molecule has 1 amide bonds. The lowest BCUT2D eigenvalue weighted by Gasteiger charge is -2.27. The minimum Gasteiger partial charge on any atom is -0.502 e. The Morgan fingerprint density at radius 3 is 2.76 bits per heavy atom. The van der Waals surface area contributed by atoms with Crippen molar-refractivity contribution in [1.29, 1.82) is 0 Å². The molecular formula is C26H29N5O4S2. The number of hydrogen-bond acceptors (Lipinski definition) is 7. The number of hydrogen-bond donors (Lipinski definition) is 2. The molecule has 0 saturated heterocycles. The number of aromatic nitrogens is 2. The molecule has 1 atom stereocenters. The summed E-state index contributed by atoms with van der Waals surface area (Å²) in [6.45, 7) is 11.3. The Morgan fingerprint density at radius 2 is 2.03 bits per heavy atom. The van der Waals surface area contributed by atoms with Gasteiger partial charge in [0.25, 0.3) is 0 Å². The van der Waals surface area contributed by atoms with Crippen molar-refractivity contribution >= 4 is 33.0 Å². The first-order chi connectivity index (χ1) is 17.7. The molecule has 11 heteroatoms. The Morgan fingerprint density at radius 1 is 1.24 bits per heavy atom. The third-order valence-corrected chi connectivity index (χ3v) is 8.44. The van der Waals surface area contributed by atoms with Gasteiger partial charge in [-0.15, -0.1) is 10.2 Å². The Bertz CT molecular complexity index is 1440. The number of nitrogens with zero attached hydrogens (tertiary/aromatic N) is 3. The summed E-state index contributed by atoms with van der Waals surface area (Å²) in [6.07, 6.45) is 2.19. The van der Waals surface area contributed by atoms with Crippen LogP contribution in [0.3, 0.4) is 0 Å². The average Bonchev–Trinajstić information content (AvgIpc) is 3.37. The number of benzene rings is 2. The largest absolute Gasteiger partial charge is 0.502 e. The van der Waals surface area contributed by atoms with Gasteiger partial charge in [-0.25, -0.2) is 18.0 Å². The normalized spacial score (nSPS) is 15.2. The van der Waals surface area contributed by atoms with Gasteiger partial charge in [-0.1, -0.05) is 35.6 Å². The lowest BCUT2D eigenvalue weighted by molar-refractivity contribution is -0.120. The zero-order chi connectivity index (χ0) is 26.6. The Kier molecular flexibility index (Phi) is 8.22. The van der Waals surface area contributed by atoms with Gasteiger partial charge >= 0.3 is 0 Å². The van der Waals surface area contributed by atoms with Crippen molar-refractivity contribution in [3.8, 4) is 26.9 Å². The van der Waals surface area contributed by atoms with E-state index >= 15 is 0 Å². The first-order valence-electron chi connectivity index (χ1n) is 12.1. The summed E-state index contributed by atoms with van der Waals surface area (Å²) in [6, 6.07) is 10.9. The highest BCUT2D eigenvalue weighted by Gasteiger charge is 2.27. The van der Waals surface area contributed by atoms with Crippen molar-refractivity contribution in [2.75, 3.05) is 12.8 Å². The van der Waals surface area contributed by atoms with Crippen LogP contribution >= 0.6 is 11.3 Å². The summed E-state index contributed by atoms with van der Waals surface area (Å²) in [5.74, 6) is -0.0280. The standard InChI is InChI=1S/C26H29N5O4S2/c1-16(2)35-23-12-11-17(15-22(23)27-3)25-29-30-26(36-25)20-9-5-8-19-18(20)7-6-10-21(19)31-37(33,34)14-13-24(32)28-4/h5,8-9,11-12,15-16,21,31H,6-7,10,13-14H2,1-2,4H3,(H,28,32)/t21-/m0/s1. The molecule has 2 N–H and O–H groups in total. The summed E-state index contributed by atoms with van der Waals surface area (Å²) in [5, 5.41) is 12.7. The molecule has 0 saturated carbocycles. The van der Waals surface area contributed by atoms with Crippen molar-refractivity contribution in [3.63, 3.8) is 0 Å². The maximum atomic E-state index is 12.6. The zero-order valence-electron chi connectivity index (χ0n) is 20.9. The van der Waals surface area contributed by atoms with Gasteiger partial charge in [0.1, 0.15) is 15.8 Å². The highest BCUT2D eigenvalue weighted by Crippen LogP contribution is 2.40. The first-order valence-corrected chi connectivity index (χ1v) is 14.5. The molecule has 0 aliphatic heterocycles. The predicted molar refractivity (Wildman–Crippen MR) is 144 cm³/mol. The molecule has 37 heavy (non-hydrogen) atoms. The summed E-state index contributed by atoms with van der Waals surface area (Å²) < 4.78 is 33.8. The van der Waals surface area contributed by atoms with Crippen LogP contribution in [0.25, 0.3) is 26.0 Å². The van der Waals surface area contributed by atoms with Crippen LogP contribution in [0, 0.1) is 6.57 Å². The third-order valence-electron chi connectivity index (χ3n) is 6.05. The van der Waals surface area contributed by atoms with Crippen LogP contribution in [-0.2, 0) is 21.2 Å². The topological polar surface area (TPSA) is 115 Å². The fourth-order valence-corrected chi connectivity index (χ4v) is 6.48. The molecule has 1 heterocycles. The Labute approximate surface area is 221 Å². The second kappa shape index (κ2) is 11.4. The van der Waals surface area contributed by atoms with Gasteiger partial charge in [-0.3, -0.25) is 4.79 Å². The van der Waals surface area contributed by atoms with Crippen LogP contribution in [-0.4, -0.2) is 43.4 Å². The Hall–Kier alpha value is -3.33. The summed E-state index contributed by atoms with van der Waals surface area (Å²) in [7, 11) is -2.14. The SMILES string of the molecule is [C-]#[N+]c1cc(-c2nnc(-c3cccc4c3CCC[C@@H]4NS(=O)(=O)CCC(=O)NC)s2)ccc1OC(C)C. The van der Waals surface area contributed by atoms with E-state index in [-0.39, 0.29) is 30.2 Å². The van der Waals surface area contributed by atoms with E-state index in [1.54, 1.807) is 12.1 Å². The number of fused-ring (bicyclic) bond motifs is 1.